The third-order valence-electron chi connectivity index (χ3n) is 4.75. The summed E-state index contributed by atoms with van der Waals surface area (Å²) in [4.78, 5) is 18.4. The molecular weight excluding hydrogens is 342 g/mol. The minimum absolute atomic E-state index is 0.422. The Bertz CT molecular complexity index is 909. The van der Waals surface area contributed by atoms with Crippen molar-refractivity contribution in [3.05, 3.63) is 30.7 Å². The zero-order valence-corrected chi connectivity index (χ0v) is 16.0. The summed E-state index contributed by atoms with van der Waals surface area (Å²) >= 11 is 0. The van der Waals surface area contributed by atoms with Crippen LogP contribution in [-0.4, -0.2) is 76.6 Å². The van der Waals surface area contributed by atoms with Crippen LogP contribution in [0.3, 0.4) is 0 Å². The Balaban J connectivity index is 1.77. The van der Waals surface area contributed by atoms with E-state index in [1.165, 1.54) is 0 Å². The Labute approximate surface area is 158 Å². The van der Waals surface area contributed by atoms with Gasteiger partial charge >= 0.3 is 0 Å². The molecule has 4 rings (SSSR count). The number of ether oxygens (including phenoxy) is 1. The largest absolute Gasteiger partial charge is 0.379 e. The Morgan fingerprint density at radius 2 is 2.15 bits per heavy atom. The molecule has 1 unspecified atom stereocenters. The van der Waals surface area contributed by atoms with E-state index in [-0.39, 0.29) is 0 Å². The summed E-state index contributed by atoms with van der Waals surface area (Å²) in [5.74, 6) is 2.01. The predicted octanol–water partition coefficient (Wildman–Crippen LogP) is 1.44. The van der Waals surface area contributed by atoms with Crippen molar-refractivity contribution < 1.29 is 4.74 Å². The Kier molecular flexibility index (Phi) is 5.00. The molecule has 3 aromatic rings. The van der Waals surface area contributed by atoms with Gasteiger partial charge in [0.1, 0.15) is 5.82 Å². The van der Waals surface area contributed by atoms with Gasteiger partial charge in [0.15, 0.2) is 11.5 Å². The van der Waals surface area contributed by atoms with Gasteiger partial charge in [-0.3, -0.25) is 9.67 Å². The molecule has 1 aliphatic heterocycles. The van der Waals surface area contributed by atoms with Gasteiger partial charge in [-0.25, -0.2) is 9.97 Å². The zero-order chi connectivity index (χ0) is 18.8. The molecule has 8 heteroatoms. The van der Waals surface area contributed by atoms with Crippen LogP contribution in [0.2, 0.25) is 0 Å². The van der Waals surface area contributed by atoms with Crippen LogP contribution in [0.15, 0.2) is 30.7 Å². The van der Waals surface area contributed by atoms with Gasteiger partial charge in [0.2, 0.25) is 0 Å². The molecular formula is C19H25N7O. The highest BCUT2D eigenvalue weighted by atomic mass is 16.5. The Hall–Kier alpha value is -2.58. The first kappa shape index (κ1) is 17.8. The average Bonchev–Trinajstić information content (AvgIpc) is 2.89. The first-order valence-electron chi connectivity index (χ1n) is 9.19. The molecule has 3 aromatic heterocycles. The number of rotatable bonds is 4. The van der Waals surface area contributed by atoms with Gasteiger partial charge in [0, 0.05) is 50.6 Å². The molecule has 1 fully saturated rings. The van der Waals surface area contributed by atoms with E-state index in [1.54, 1.807) is 17.1 Å². The Morgan fingerprint density at radius 3 is 2.93 bits per heavy atom. The van der Waals surface area contributed by atoms with Gasteiger partial charge in [0.05, 0.1) is 24.8 Å². The number of fused-ring (bicyclic) bond motifs is 1. The summed E-state index contributed by atoms with van der Waals surface area (Å²) in [7, 11) is 6.10. The Morgan fingerprint density at radius 1 is 1.26 bits per heavy atom. The third-order valence-corrected chi connectivity index (χ3v) is 4.75. The van der Waals surface area contributed by atoms with E-state index < -0.39 is 0 Å². The maximum Gasteiger partial charge on any atom is 0.165 e. The highest BCUT2D eigenvalue weighted by molar-refractivity contribution is 5.88. The standard InChI is InChI=1S/C19H25N7O/c1-24(2)11-14-12-26(7-8-27-13-14)19-16-10-21-25(3)18(16)22-17(23-19)15-5-4-6-20-9-15/h4-6,9-10,14H,7-8,11-13H2,1-3H3. The summed E-state index contributed by atoms with van der Waals surface area (Å²) in [6.45, 7) is 4.14. The lowest BCUT2D eigenvalue weighted by atomic mass is 10.1. The van der Waals surface area contributed by atoms with E-state index in [2.05, 4.69) is 34.0 Å². The fourth-order valence-electron chi connectivity index (χ4n) is 3.57. The minimum atomic E-state index is 0.422. The predicted molar refractivity (Wildman–Crippen MR) is 105 cm³/mol. The minimum Gasteiger partial charge on any atom is -0.379 e. The van der Waals surface area contributed by atoms with Gasteiger partial charge in [-0.2, -0.15) is 5.10 Å². The second-order valence-electron chi connectivity index (χ2n) is 7.27. The third kappa shape index (κ3) is 3.77. The maximum atomic E-state index is 5.85. The smallest absolute Gasteiger partial charge is 0.165 e. The van der Waals surface area contributed by atoms with E-state index in [4.69, 9.17) is 14.7 Å². The van der Waals surface area contributed by atoms with E-state index in [1.807, 2.05) is 25.4 Å². The molecule has 0 N–H and O–H groups in total. The molecule has 4 heterocycles. The van der Waals surface area contributed by atoms with Crippen LogP contribution >= 0.6 is 0 Å². The summed E-state index contributed by atoms with van der Waals surface area (Å²) in [6.07, 6.45) is 5.40. The molecule has 0 bridgehead atoms. The van der Waals surface area contributed by atoms with Crippen LogP contribution in [0.1, 0.15) is 0 Å². The molecule has 0 spiro atoms. The molecule has 1 aliphatic rings. The molecule has 8 nitrogen and oxygen atoms in total. The number of anilines is 1. The van der Waals surface area contributed by atoms with Gasteiger partial charge in [-0.15, -0.1) is 0 Å². The lowest BCUT2D eigenvalue weighted by molar-refractivity contribution is 0.113. The topological polar surface area (TPSA) is 72.2 Å². The van der Waals surface area contributed by atoms with Crippen molar-refractivity contribution in [1.82, 2.24) is 29.6 Å². The summed E-state index contributed by atoms with van der Waals surface area (Å²) in [5.41, 5.74) is 1.73. The maximum absolute atomic E-state index is 5.85. The first-order chi connectivity index (χ1) is 13.1. The lowest BCUT2D eigenvalue weighted by Crippen LogP contribution is -2.35. The van der Waals surface area contributed by atoms with Crippen LogP contribution < -0.4 is 4.90 Å². The number of hydrogen-bond donors (Lipinski definition) is 0. The molecule has 27 heavy (non-hydrogen) atoms. The summed E-state index contributed by atoms with van der Waals surface area (Å²) < 4.78 is 7.65. The number of pyridine rings is 1. The first-order valence-corrected chi connectivity index (χ1v) is 9.19. The van der Waals surface area contributed by atoms with Crippen molar-refractivity contribution in [2.24, 2.45) is 13.0 Å². The molecule has 142 valence electrons. The lowest BCUT2D eigenvalue weighted by Gasteiger charge is -2.26. The van der Waals surface area contributed by atoms with Gasteiger partial charge in [0.25, 0.3) is 0 Å². The van der Waals surface area contributed by atoms with Crippen molar-refractivity contribution in [3.63, 3.8) is 0 Å². The quantitative estimate of drug-likeness (QED) is 0.691. The second kappa shape index (κ2) is 7.58. The van der Waals surface area contributed by atoms with Crippen molar-refractivity contribution in [1.29, 1.82) is 0 Å². The van der Waals surface area contributed by atoms with Crippen LogP contribution in [0.4, 0.5) is 5.82 Å². The van der Waals surface area contributed by atoms with Crippen molar-refractivity contribution in [2.45, 2.75) is 0 Å². The molecule has 1 atom stereocenters. The van der Waals surface area contributed by atoms with Crippen LogP contribution in [-0.2, 0) is 11.8 Å². The normalized spacial score (nSPS) is 18.2. The molecule has 1 saturated heterocycles. The molecule has 0 radical (unpaired) electrons. The number of aryl methyl sites for hydroxylation is 1. The fourth-order valence-corrected chi connectivity index (χ4v) is 3.57. The number of hydrogen-bond acceptors (Lipinski definition) is 7. The van der Waals surface area contributed by atoms with Gasteiger partial charge < -0.3 is 14.5 Å². The van der Waals surface area contributed by atoms with Gasteiger partial charge in [-0.05, 0) is 26.2 Å². The van der Waals surface area contributed by atoms with E-state index in [9.17, 15) is 0 Å². The van der Waals surface area contributed by atoms with Crippen molar-refractivity contribution >= 4 is 16.9 Å². The van der Waals surface area contributed by atoms with Crippen LogP contribution in [0.25, 0.3) is 22.4 Å². The average molecular weight is 367 g/mol. The summed E-state index contributed by atoms with van der Waals surface area (Å²) in [6, 6.07) is 3.88. The van der Waals surface area contributed by atoms with E-state index >= 15 is 0 Å². The molecule has 0 saturated carbocycles. The number of nitrogens with zero attached hydrogens (tertiary/aromatic N) is 7. The zero-order valence-electron chi connectivity index (χ0n) is 16.0. The molecule has 0 aromatic carbocycles. The SMILES string of the molecule is CN(C)CC1COCCN(c2nc(-c3cccnc3)nc3c2cnn3C)C1. The van der Waals surface area contributed by atoms with Gasteiger partial charge in [-0.1, -0.05) is 0 Å². The van der Waals surface area contributed by atoms with Crippen LogP contribution in [0, 0.1) is 5.92 Å². The van der Waals surface area contributed by atoms with Crippen molar-refractivity contribution in [3.8, 4) is 11.4 Å². The number of aromatic nitrogens is 5. The monoisotopic (exact) mass is 367 g/mol. The second-order valence-corrected chi connectivity index (χ2v) is 7.27. The molecule has 0 amide bonds. The van der Waals surface area contributed by atoms with Crippen molar-refractivity contribution in [2.75, 3.05) is 51.8 Å². The fraction of sp³-hybridized carbons (Fsp3) is 0.474. The highest BCUT2D eigenvalue weighted by Crippen LogP contribution is 2.28. The van der Waals surface area contributed by atoms with E-state index in [0.717, 1.165) is 48.7 Å². The van der Waals surface area contributed by atoms with Crippen LogP contribution in [0.5, 0.6) is 0 Å². The molecule has 0 aliphatic carbocycles. The summed E-state index contributed by atoms with van der Waals surface area (Å²) in [5, 5.41) is 5.38. The highest BCUT2D eigenvalue weighted by Gasteiger charge is 2.24. The van der Waals surface area contributed by atoms with E-state index in [0.29, 0.717) is 18.3 Å².